The number of hydrogen-bond acceptors (Lipinski definition) is 2. The third-order valence-corrected chi connectivity index (χ3v) is 3.94. The first-order chi connectivity index (χ1) is 11.4. The third kappa shape index (κ3) is 2.36. The van der Waals surface area contributed by atoms with Crippen molar-refractivity contribution in [2.75, 3.05) is 7.11 Å². The molecule has 0 saturated heterocycles. The molecule has 3 nitrogen and oxygen atoms in total. The van der Waals surface area contributed by atoms with E-state index in [0.717, 1.165) is 33.9 Å². The maximum absolute atomic E-state index is 5.27. The van der Waals surface area contributed by atoms with Gasteiger partial charge in [0.15, 0.2) is 0 Å². The topological polar surface area (TPSA) is 26.5 Å². The van der Waals surface area contributed by atoms with Crippen molar-refractivity contribution in [1.82, 2.24) is 9.38 Å². The molecule has 2 aromatic heterocycles. The van der Waals surface area contributed by atoms with Crippen LogP contribution in [0.4, 0.5) is 0 Å². The molecule has 23 heavy (non-hydrogen) atoms. The van der Waals surface area contributed by atoms with Gasteiger partial charge in [0.25, 0.3) is 0 Å². The molecule has 112 valence electrons. The SMILES string of the molecule is COc1ccc(-c2c(-c3ccccc3)nc3ccccn23)cc1. The smallest absolute Gasteiger partial charge is 0.137 e. The number of fused-ring (bicyclic) bond motifs is 1. The third-order valence-electron chi connectivity index (χ3n) is 3.94. The number of imidazole rings is 1. The monoisotopic (exact) mass is 300 g/mol. The number of rotatable bonds is 3. The van der Waals surface area contributed by atoms with Gasteiger partial charge in [0.1, 0.15) is 11.4 Å². The van der Waals surface area contributed by atoms with Crippen molar-refractivity contribution < 1.29 is 4.74 Å². The minimum absolute atomic E-state index is 0.851. The van der Waals surface area contributed by atoms with Crippen molar-refractivity contribution >= 4 is 5.65 Å². The number of pyridine rings is 1. The molecule has 2 aromatic carbocycles. The quantitative estimate of drug-likeness (QED) is 0.549. The Labute approximate surface area is 134 Å². The fourth-order valence-electron chi connectivity index (χ4n) is 2.82. The van der Waals surface area contributed by atoms with E-state index in [2.05, 4.69) is 28.7 Å². The maximum atomic E-state index is 5.27. The van der Waals surface area contributed by atoms with E-state index in [0.29, 0.717) is 0 Å². The molecule has 0 bridgehead atoms. The van der Waals surface area contributed by atoms with E-state index in [1.54, 1.807) is 7.11 Å². The molecule has 0 unspecified atom stereocenters. The van der Waals surface area contributed by atoms with Crippen molar-refractivity contribution in [2.24, 2.45) is 0 Å². The first kappa shape index (κ1) is 13.6. The summed E-state index contributed by atoms with van der Waals surface area (Å²) in [4.78, 5) is 4.83. The van der Waals surface area contributed by atoms with Crippen molar-refractivity contribution in [3.63, 3.8) is 0 Å². The summed E-state index contributed by atoms with van der Waals surface area (Å²) in [7, 11) is 1.68. The highest BCUT2D eigenvalue weighted by Gasteiger charge is 2.15. The summed E-state index contributed by atoms with van der Waals surface area (Å²) < 4.78 is 7.40. The molecule has 3 heteroatoms. The lowest BCUT2D eigenvalue weighted by molar-refractivity contribution is 0.415. The largest absolute Gasteiger partial charge is 0.497 e. The number of benzene rings is 2. The van der Waals surface area contributed by atoms with Gasteiger partial charge in [-0.25, -0.2) is 4.98 Å². The summed E-state index contributed by atoms with van der Waals surface area (Å²) in [6, 6.07) is 24.4. The molecule has 0 fully saturated rings. The van der Waals surface area contributed by atoms with Crippen LogP contribution in [0, 0.1) is 0 Å². The highest BCUT2D eigenvalue weighted by molar-refractivity contribution is 5.82. The van der Waals surface area contributed by atoms with Crippen molar-refractivity contribution in [3.05, 3.63) is 79.0 Å². The molecule has 0 aliphatic carbocycles. The Morgan fingerprint density at radius 3 is 2.26 bits per heavy atom. The molecule has 0 spiro atoms. The van der Waals surface area contributed by atoms with Crippen LogP contribution >= 0.6 is 0 Å². The lowest BCUT2D eigenvalue weighted by Crippen LogP contribution is -1.90. The predicted octanol–water partition coefficient (Wildman–Crippen LogP) is 4.68. The minimum Gasteiger partial charge on any atom is -0.497 e. The molecule has 0 atom stereocenters. The van der Waals surface area contributed by atoms with Gasteiger partial charge < -0.3 is 4.74 Å². The number of hydrogen-bond donors (Lipinski definition) is 0. The zero-order valence-corrected chi connectivity index (χ0v) is 12.8. The van der Waals surface area contributed by atoms with Gasteiger partial charge in [-0.2, -0.15) is 0 Å². The fourth-order valence-corrected chi connectivity index (χ4v) is 2.82. The molecule has 0 aliphatic rings. The Morgan fingerprint density at radius 2 is 1.52 bits per heavy atom. The number of nitrogens with zero attached hydrogens (tertiary/aromatic N) is 2. The highest BCUT2D eigenvalue weighted by Crippen LogP contribution is 2.33. The van der Waals surface area contributed by atoms with Gasteiger partial charge in [0.05, 0.1) is 18.5 Å². The Morgan fingerprint density at radius 1 is 0.783 bits per heavy atom. The minimum atomic E-state index is 0.851. The molecular weight excluding hydrogens is 284 g/mol. The lowest BCUT2D eigenvalue weighted by atomic mass is 10.0. The summed E-state index contributed by atoms with van der Waals surface area (Å²) in [6.45, 7) is 0. The zero-order valence-electron chi connectivity index (χ0n) is 12.8. The maximum Gasteiger partial charge on any atom is 0.137 e. The number of aromatic nitrogens is 2. The molecule has 0 amide bonds. The Balaban J connectivity index is 1.99. The Bertz CT molecular complexity index is 940. The van der Waals surface area contributed by atoms with Crippen molar-refractivity contribution in [3.8, 4) is 28.3 Å². The summed E-state index contributed by atoms with van der Waals surface area (Å²) in [5.41, 5.74) is 5.25. The molecule has 4 aromatic rings. The van der Waals surface area contributed by atoms with Crippen LogP contribution in [0.15, 0.2) is 79.0 Å². The summed E-state index contributed by atoms with van der Waals surface area (Å²) >= 11 is 0. The standard InChI is InChI=1S/C20H16N2O/c1-23-17-12-10-16(11-13-17)20-19(15-7-3-2-4-8-15)21-18-9-5-6-14-22(18)20/h2-14H,1H3. The fraction of sp³-hybridized carbons (Fsp3) is 0.0500. The Hall–Kier alpha value is -3.07. The average molecular weight is 300 g/mol. The van der Waals surface area contributed by atoms with Gasteiger partial charge in [-0.3, -0.25) is 4.40 Å². The average Bonchev–Trinajstić information content (AvgIpc) is 3.02. The van der Waals surface area contributed by atoms with Gasteiger partial charge in [-0.15, -0.1) is 0 Å². The molecule has 0 radical (unpaired) electrons. The molecule has 0 aliphatic heterocycles. The number of methoxy groups -OCH3 is 1. The van der Waals surface area contributed by atoms with Crippen LogP contribution in [0.2, 0.25) is 0 Å². The zero-order chi connectivity index (χ0) is 15.6. The first-order valence-corrected chi connectivity index (χ1v) is 7.54. The predicted molar refractivity (Wildman–Crippen MR) is 92.6 cm³/mol. The van der Waals surface area contributed by atoms with E-state index >= 15 is 0 Å². The number of ether oxygens (including phenoxy) is 1. The van der Waals surface area contributed by atoms with Gasteiger partial charge >= 0.3 is 0 Å². The van der Waals surface area contributed by atoms with Crippen LogP contribution < -0.4 is 4.74 Å². The molecular formula is C20H16N2O. The second-order valence-electron chi connectivity index (χ2n) is 5.33. The van der Waals surface area contributed by atoms with Crippen LogP contribution in [0.5, 0.6) is 5.75 Å². The lowest BCUT2D eigenvalue weighted by Gasteiger charge is -2.07. The van der Waals surface area contributed by atoms with E-state index in [4.69, 9.17) is 9.72 Å². The molecule has 2 heterocycles. The second kappa shape index (κ2) is 5.61. The van der Waals surface area contributed by atoms with Crippen LogP contribution in [0.1, 0.15) is 0 Å². The highest BCUT2D eigenvalue weighted by atomic mass is 16.5. The molecule has 0 saturated carbocycles. The van der Waals surface area contributed by atoms with Gasteiger partial charge in [0.2, 0.25) is 0 Å². The van der Waals surface area contributed by atoms with Crippen molar-refractivity contribution in [1.29, 1.82) is 0 Å². The molecule has 0 N–H and O–H groups in total. The van der Waals surface area contributed by atoms with Gasteiger partial charge in [-0.05, 0) is 36.4 Å². The molecule has 4 rings (SSSR count). The van der Waals surface area contributed by atoms with Crippen LogP contribution in [-0.2, 0) is 0 Å². The first-order valence-electron chi connectivity index (χ1n) is 7.54. The van der Waals surface area contributed by atoms with Gasteiger partial charge in [-0.1, -0.05) is 36.4 Å². The van der Waals surface area contributed by atoms with E-state index in [1.165, 1.54) is 0 Å². The summed E-state index contributed by atoms with van der Waals surface area (Å²) in [5, 5.41) is 0. The van der Waals surface area contributed by atoms with Crippen LogP contribution in [0.3, 0.4) is 0 Å². The van der Waals surface area contributed by atoms with E-state index in [-0.39, 0.29) is 0 Å². The second-order valence-corrected chi connectivity index (χ2v) is 5.33. The normalized spacial score (nSPS) is 10.8. The van der Waals surface area contributed by atoms with Crippen LogP contribution in [0.25, 0.3) is 28.2 Å². The van der Waals surface area contributed by atoms with E-state index in [1.807, 2.05) is 54.7 Å². The van der Waals surface area contributed by atoms with E-state index in [9.17, 15) is 0 Å². The van der Waals surface area contributed by atoms with E-state index < -0.39 is 0 Å². The summed E-state index contributed by atoms with van der Waals surface area (Å²) in [5.74, 6) is 0.851. The van der Waals surface area contributed by atoms with Gasteiger partial charge in [0, 0.05) is 17.3 Å². The van der Waals surface area contributed by atoms with Crippen LogP contribution in [-0.4, -0.2) is 16.5 Å². The summed E-state index contributed by atoms with van der Waals surface area (Å²) in [6.07, 6.45) is 2.05. The van der Waals surface area contributed by atoms with Crippen molar-refractivity contribution in [2.45, 2.75) is 0 Å². The Kier molecular flexibility index (Phi) is 3.31.